The number of hydrogen-bond donors (Lipinski definition) is 5. The van der Waals surface area contributed by atoms with E-state index in [9.17, 15) is 19.2 Å². The van der Waals surface area contributed by atoms with Crippen molar-refractivity contribution >= 4 is 23.5 Å². The van der Waals surface area contributed by atoms with E-state index in [1.165, 1.54) is 14.1 Å². The lowest BCUT2D eigenvalue weighted by atomic mass is 10.2. The maximum Gasteiger partial charge on any atom is 0.329 e. The average molecular weight is 310 g/mol. The van der Waals surface area contributed by atoms with E-state index in [1.807, 2.05) is 0 Å². The smallest absolute Gasteiger partial charge is 0.315 e. The average Bonchev–Trinajstić information content (AvgIpc) is 2.48. The van der Waals surface area contributed by atoms with E-state index in [4.69, 9.17) is 5.84 Å². The molecule has 1 aliphatic rings. The number of hydrazine groups is 1. The third-order valence-electron chi connectivity index (χ3n) is 2.98. The molecule has 1 aromatic rings. The Morgan fingerprint density at radius 1 is 1.27 bits per heavy atom. The molecule has 22 heavy (non-hydrogen) atoms. The number of carbonyl (C=O) groups is 2. The molecule has 0 bridgehead atoms. The zero-order valence-electron chi connectivity index (χ0n) is 11.7. The lowest BCUT2D eigenvalue weighted by Gasteiger charge is -2.29. The molecule has 0 aliphatic carbocycles. The van der Waals surface area contributed by atoms with E-state index in [-0.39, 0.29) is 11.5 Å². The zero-order valence-corrected chi connectivity index (χ0v) is 11.7. The quantitative estimate of drug-likeness (QED) is 0.289. The standard InChI is InChI=1S/C10H14N8O4/c1-17-5(19)3-4(12-9(17)21)15-16-6-7(14-11)13-10(22)18(2)8(6)20/h3,7,14-15H,11H2,1-2H3,(H,12,21)(H,13,22). The monoisotopic (exact) mass is 310 g/mol. The zero-order chi connectivity index (χ0) is 16.4. The Balaban J connectivity index is 2.31. The second kappa shape index (κ2) is 5.79. The van der Waals surface area contributed by atoms with Gasteiger partial charge in [0.1, 0.15) is 12.0 Å². The van der Waals surface area contributed by atoms with Crippen molar-refractivity contribution in [3.63, 3.8) is 0 Å². The second-order valence-corrected chi connectivity index (χ2v) is 4.41. The van der Waals surface area contributed by atoms with Crippen LogP contribution in [0.3, 0.4) is 0 Å². The minimum absolute atomic E-state index is 0.0104. The summed E-state index contributed by atoms with van der Waals surface area (Å²) < 4.78 is 0.863. The summed E-state index contributed by atoms with van der Waals surface area (Å²) in [5, 5.41) is 6.17. The van der Waals surface area contributed by atoms with Crippen LogP contribution in [0.25, 0.3) is 0 Å². The molecule has 1 aromatic heterocycles. The number of amides is 3. The SMILES string of the molecule is CN1C(=O)NC(NN)C(=NNc2cc(=O)n(C)c(=O)[nH]2)C1=O. The number of anilines is 1. The van der Waals surface area contributed by atoms with Crippen LogP contribution in [0.5, 0.6) is 0 Å². The summed E-state index contributed by atoms with van der Waals surface area (Å²) in [6.45, 7) is 0. The van der Waals surface area contributed by atoms with Crippen LogP contribution in [0.4, 0.5) is 10.6 Å². The molecule has 1 aliphatic heterocycles. The Morgan fingerprint density at radius 3 is 2.55 bits per heavy atom. The van der Waals surface area contributed by atoms with E-state index >= 15 is 0 Å². The lowest BCUT2D eigenvalue weighted by Crippen LogP contribution is -2.65. The summed E-state index contributed by atoms with van der Waals surface area (Å²) in [6, 6.07) is 0.445. The number of H-pyrrole nitrogens is 1. The molecule has 1 atom stereocenters. The highest BCUT2D eigenvalue weighted by molar-refractivity contribution is 6.44. The van der Waals surface area contributed by atoms with Crippen molar-refractivity contribution in [2.45, 2.75) is 6.17 Å². The van der Waals surface area contributed by atoms with Crippen molar-refractivity contribution in [1.82, 2.24) is 25.2 Å². The number of hydrazone groups is 1. The summed E-state index contributed by atoms with van der Waals surface area (Å²) in [4.78, 5) is 49.5. The van der Waals surface area contributed by atoms with Gasteiger partial charge in [0.15, 0.2) is 5.71 Å². The fourth-order valence-corrected chi connectivity index (χ4v) is 1.65. The molecule has 1 unspecified atom stereocenters. The molecule has 2 heterocycles. The number of rotatable bonds is 3. The third kappa shape index (κ3) is 2.72. The van der Waals surface area contributed by atoms with Crippen molar-refractivity contribution in [3.05, 3.63) is 26.9 Å². The highest BCUT2D eigenvalue weighted by atomic mass is 16.2. The van der Waals surface area contributed by atoms with Gasteiger partial charge < -0.3 is 5.32 Å². The molecule has 118 valence electrons. The fraction of sp³-hybridized carbons (Fsp3) is 0.300. The molecule has 2 rings (SSSR count). The Morgan fingerprint density at radius 2 is 1.95 bits per heavy atom. The summed E-state index contributed by atoms with van der Waals surface area (Å²) in [6.07, 6.45) is -1.01. The van der Waals surface area contributed by atoms with Crippen molar-refractivity contribution in [2.75, 3.05) is 12.5 Å². The van der Waals surface area contributed by atoms with Crippen LogP contribution in [0.1, 0.15) is 0 Å². The van der Waals surface area contributed by atoms with Gasteiger partial charge in [-0.2, -0.15) is 5.10 Å². The number of nitrogens with two attached hydrogens (primary N) is 1. The number of nitrogens with one attached hydrogen (secondary N) is 4. The van der Waals surface area contributed by atoms with Crippen LogP contribution in [-0.4, -0.2) is 45.3 Å². The Kier molecular flexibility index (Phi) is 4.05. The van der Waals surface area contributed by atoms with Crippen molar-refractivity contribution in [3.8, 4) is 0 Å². The van der Waals surface area contributed by atoms with Crippen LogP contribution >= 0.6 is 0 Å². The van der Waals surface area contributed by atoms with E-state index in [0.717, 1.165) is 15.5 Å². The number of imide groups is 1. The van der Waals surface area contributed by atoms with Crippen molar-refractivity contribution in [1.29, 1.82) is 0 Å². The van der Waals surface area contributed by atoms with Gasteiger partial charge in [-0.1, -0.05) is 0 Å². The number of urea groups is 1. The highest BCUT2D eigenvalue weighted by Gasteiger charge is 2.35. The minimum atomic E-state index is -1.01. The van der Waals surface area contributed by atoms with Gasteiger partial charge in [0.05, 0.1) is 0 Å². The molecule has 0 spiro atoms. The molecule has 1 saturated heterocycles. The molecule has 12 heteroatoms. The van der Waals surface area contributed by atoms with Crippen LogP contribution < -0.4 is 33.3 Å². The number of hydrogen-bond acceptors (Lipinski definition) is 8. The maximum atomic E-state index is 12.0. The van der Waals surface area contributed by atoms with Crippen LogP contribution in [0, 0.1) is 0 Å². The van der Waals surface area contributed by atoms with Gasteiger partial charge in [-0.3, -0.25) is 35.3 Å². The van der Waals surface area contributed by atoms with E-state index < -0.39 is 29.4 Å². The van der Waals surface area contributed by atoms with Crippen molar-refractivity contribution in [2.24, 2.45) is 18.0 Å². The fourth-order valence-electron chi connectivity index (χ4n) is 1.65. The van der Waals surface area contributed by atoms with Gasteiger partial charge in [-0.25, -0.2) is 15.0 Å². The van der Waals surface area contributed by atoms with Crippen LogP contribution in [-0.2, 0) is 11.8 Å². The molecule has 3 amide bonds. The minimum Gasteiger partial charge on any atom is -0.315 e. The van der Waals surface area contributed by atoms with E-state index in [0.29, 0.717) is 0 Å². The second-order valence-electron chi connectivity index (χ2n) is 4.41. The molecule has 12 nitrogen and oxygen atoms in total. The molecule has 0 aromatic carbocycles. The first kappa shape index (κ1) is 15.4. The number of nitrogens with zero attached hydrogens (tertiary/aromatic N) is 3. The van der Waals surface area contributed by atoms with Gasteiger partial charge in [0, 0.05) is 20.2 Å². The summed E-state index contributed by atoms with van der Waals surface area (Å²) in [7, 11) is 2.57. The number of aromatic nitrogens is 2. The normalized spacial score (nSPS) is 20.2. The van der Waals surface area contributed by atoms with Crippen molar-refractivity contribution < 1.29 is 9.59 Å². The molecule has 6 N–H and O–H groups in total. The van der Waals surface area contributed by atoms with Crippen LogP contribution in [0.15, 0.2) is 20.8 Å². The lowest BCUT2D eigenvalue weighted by molar-refractivity contribution is -0.121. The van der Waals surface area contributed by atoms with E-state index in [1.54, 1.807) is 0 Å². The molecule has 0 saturated carbocycles. The summed E-state index contributed by atoms with van der Waals surface area (Å²) in [5.74, 6) is 4.55. The van der Waals surface area contributed by atoms with Crippen LogP contribution in [0.2, 0.25) is 0 Å². The predicted molar refractivity (Wildman–Crippen MR) is 75.8 cm³/mol. The molecular weight excluding hydrogens is 296 g/mol. The van der Waals surface area contributed by atoms with Gasteiger partial charge in [0.25, 0.3) is 11.5 Å². The predicted octanol–water partition coefficient (Wildman–Crippen LogP) is -3.19. The Labute approximate surface area is 122 Å². The van der Waals surface area contributed by atoms with Gasteiger partial charge >= 0.3 is 11.7 Å². The van der Waals surface area contributed by atoms with Gasteiger partial charge in [0.2, 0.25) is 0 Å². The third-order valence-corrected chi connectivity index (χ3v) is 2.98. The largest absolute Gasteiger partial charge is 0.329 e. The number of carbonyl (C=O) groups excluding carboxylic acids is 2. The van der Waals surface area contributed by atoms with Gasteiger partial charge in [-0.15, -0.1) is 0 Å². The van der Waals surface area contributed by atoms with Gasteiger partial charge in [-0.05, 0) is 0 Å². The summed E-state index contributed by atoms with van der Waals surface area (Å²) in [5.41, 5.74) is 3.24. The molecule has 1 fully saturated rings. The maximum absolute atomic E-state index is 12.0. The first-order valence-corrected chi connectivity index (χ1v) is 6.03. The first-order chi connectivity index (χ1) is 10.3. The molecule has 0 radical (unpaired) electrons. The highest BCUT2D eigenvalue weighted by Crippen LogP contribution is 2.03. The summed E-state index contributed by atoms with van der Waals surface area (Å²) >= 11 is 0. The topological polar surface area (TPSA) is 167 Å². The Hall–Kier alpha value is -2.99. The number of aromatic amines is 1. The van der Waals surface area contributed by atoms with E-state index in [2.05, 4.69) is 26.3 Å². The Bertz CT molecular complexity index is 732. The first-order valence-electron chi connectivity index (χ1n) is 6.03. The molecular formula is C10H14N8O4.